The van der Waals surface area contributed by atoms with E-state index in [1.165, 1.54) is 6.07 Å². The number of benzene rings is 2. The van der Waals surface area contributed by atoms with E-state index in [2.05, 4.69) is 16.0 Å². The highest BCUT2D eigenvalue weighted by atomic mass is 16.2. The van der Waals surface area contributed by atoms with Crippen LogP contribution in [-0.4, -0.2) is 24.3 Å². The van der Waals surface area contributed by atoms with Crippen LogP contribution in [0.15, 0.2) is 48.5 Å². The number of amides is 3. The van der Waals surface area contributed by atoms with Crippen LogP contribution in [-0.2, 0) is 9.59 Å². The van der Waals surface area contributed by atoms with E-state index in [0.29, 0.717) is 22.6 Å². The maximum atomic E-state index is 12.1. The van der Waals surface area contributed by atoms with Crippen molar-refractivity contribution < 1.29 is 14.4 Å². The Morgan fingerprint density at radius 3 is 2.19 bits per heavy atom. The van der Waals surface area contributed by atoms with Crippen LogP contribution < -0.4 is 21.7 Å². The minimum atomic E-state index is -0.556. The van der Waals surface area contributed by atoms with Gasteiger partial charge in [0.15, 0.2) is 0 Å². The third-order valence-electron chi connectivity index (χ3n) is 3.54. The highest BCUT2D eigenvalue weighted by Gasteiger charge is 2.08. The lowest BCUT2D eigenvalue weighted by Gasteiger charge is -2.11. The van der Waals surface area contributed by atoms with E-state index < -0.39 is 5.91 Å². The molecule has 0 heterocycles. The second-order valence-electron chi connectivity index (χ2n) is 6.07. The van der Waals surface area contributed by atoms with Crippen molar-refractivity contribution in [2.24, 2.45) is 11.7 Å². The summed E-state index contributed by atoms with van der Waals surface area (Å²) in [4.78, 5) is 35.0. The molecule has 0 atom stereocenters. The molecule has 0 unspecified atom stereocenters. The average molecular weight is 354 g/mol. The molecule has 0 fully saturated rings. The molecule has 5 N–H and O–H groups in total. The summed E-state index contributed by atoms with van der Waals surface area (Å²) in [6.45, 7) is 3.66. The van der Waals surface area contributed by atoms with Crippen molar-refractivity contribution >= 4 is 34.8 Å². The van der Waals surface area contributed by atoms with Crippen LogP contribution in [0.5, 0.6) is 0 Å². The first kappa shape index (κ1) is 19.0. The average Bonchev–Trinajstić information content (AvgIpc) is 2.60. The normalized spacial score (nSPS) is 10.3. The summed E-state index contributed by atoms with van der Waals surface area (Å²) in [7, 11) is 0. The zero-order valence-electron chi connectivity index (χ0n) is 14.7. The summed E-state index contributed by atoms with van der Waals surface area (Å²) in [5.41, 5.74) is 7.39. The standard InChI is InChI=1S/C19H22N4O3/c1-12(2)19(26)23-16-8-4-6-14(10-16)21-11-17(24)22-15-7-3-5-13(9-15)18(20)25/h3-10,12,21H,11H2,1-2H3,(H2,20,25)(H,22,24)(H,23,26). The molecule has 0 radical (unpaired) electrons. The van der Waals surface area contributed by atoms with Crippen LogP contribution in [0.2, 0.25) is 0 Å². The predicted octanol–water partition coefficient (Wildman–Crippen LogP) is 2.43. The highest BCUT2D eigenvalue weighted by molar-refractivity contribution is 5.97. The van der Waals surface area contributed by atoms with E-state index in [4.69, 9.17) is 5.73 Å². The number of primary amides is 1. The molecule has 2 aromatic rings. The molecular formula is C19H22N4O3. The summed E-state index contributed by atoms with van der Waals surface area (Å²) >= 11 is 0. The lowest BCUT2D eigenvalue weighted by atomic mass is 10.2. The molecule has 0 aromatic heterocycles. The Morgan fingerprint density at radius 2 is 1.54 bits per heavy atom. The van der Waals surface area contributed by atoms with Gasteiger partial charge >= 0.3 is 0 Å². The zero-order chi connectivity index (χ0) is 19.1. The summed E-state index contributed by atoms with van der Waals surface area (Å²) in [5.74, 6) is -1.02. The van der Waals surface area contributed by atoms with Gasteiger partial charge in [-0.25, -0.2) is 0 Å². The number of carbonyl (C=O) groups is 3. The molecule has 7 nitrogen and oxygen atoms in total. The largest absolute Gasteiger partial charge is 0.376 e. The van der Waals surface area contributed by atoms with E-state index in [0.717, 1.165) is 0 Å². The number of carbonyl (C=O) groups excluding carboxylic acids is 3. The van der Waals surface area contributed by atoms with Gasteiger partial charge in [0, 0.05) is 28.5 Å². The smallest absolute Gasteiger partial charge is 0.248 e. The summed E-state index contributed by atoms with van der Waals surface area (Å²) in [6, 6.07) is 13.5. The van der Waals surface area contributed by atoms with Gasteiger partial charge in [0.1, 0.15) is 0 Å². The van der Waals surface area contributed by atoms with Crippen molar-refractivity contribution in [2.75, 3.05) is 22.5 Å². The Bertz CT molecular complexity index is 818. The Labute approximate surface area is 152 Å². The third-order valence-corrected chi connectivity index (χ3v) is 3.54. The van der Waals surface area contributed by atoms with Gasteiger partial charge in [-0.1, -0.05) is 26.0 Å². The van der Waals surface area contributed by atoms with Crippen LogP contribution in [0.1, 0.15) is 24.2 Å². The first-order valence-corrected chi connectivity index (χ1v) is 8.19. The number of anilines is 3. The van der Waals surface area contributed by atoms with E-state index in [1.54, 1.807) is 42.5 Å². The molecule has 136 valence electrons. The predicted molar refractivity (Wildman–Crippen MR) is 102 cm³/mol. The van der Waals surface area contributed by atoms with Gasteiger partial charge < -0.3 is 21.7 Å². The molecule has 3 amide bonds. The van der Waals surface area contributed by atoms with Gasteiger partial charge in [-0.15, -0.1) is 0 Å². The minimum absolute atomic E-state index is 0.0301. The third kappa shape index (κ3) is 5.62. The maximum Gasteiger partial charge on any atom is 0.248 e. The number of hydrogen-bond acceptors (Lipinski definition) is 4. The second kappa shape index (κ2) is 8.66. The van der Waals surface area contributed by atoms with Gasteiger partial charge in [-0.3, -0.25) is 14.4 Å². The minimum Gasteiger partial charge on any atom is -0.376 e. The Morgan fingerprint density at radius 1 is 0.923 bits per heavy atom. The Balaban J connectivity index is 1.92. The number of hydrogen-bond donors (Lipinski definition) is 4. The molecule has 0 saturated carbocycles. The molecule has 2 rings (SSSR count). The van der Waals surface area contributed by atoms with E-state index in [-0.39, 0.29) is 24.3 Å². The van der Waals surface area contributed by atoms with Crippen LogP contribution >= 0.6 is 0 Å². The zero-order valence-corrected chi connectivity index (χ0v) is 14.7. The first-order valence-electron chi connectivity index (χ1n) is 8.19. The molecule has 0 aliphatic heterocycles. The molecule has 0 saturated heterocycles. The van der Waals surface area contributed by atoms with Crippen molar-refractivity contribution in [1.82, 2.24) is 0 Å². The van der Waals surface area contributed by atoms with E-state index >= 15 is 0 Å². The highest BCUT2D eigenvalue weighted by Crippen LogP contribution is 2.16. The molecule has 26 heavy (non-hydrogen) atoms. The fourth-order valence-electron chi connectivity index (χ4n) is 2.13. The SMILES string of the molecule is CC(C)C(=O)Nc1cccc(NCC(=O)Nc2cccc(C(N)=O)c2)c1. The fraction of sp³-hybridized carbons (Fsp3) is 0.211. The summed E-state index contributed by atoms with van der Waals surface area (Å²) < 4.78 is 0. The maximum absolute atomic E-state index is 12.1. The van der Waals surface area contributed by atoms with Crippen LogP contribution in [0.25, 0.3) is 0 Å². The van der Waals surface area contributed by atoms with E-state index in [1.807, 2.05) is 13.8 Å². The van der Waals surface area contributed by atoms with Crippen LogP contribution in [0, 0.1) is 5.92 Å². The van der Waals surface area contributed by atoms with Crippen molar-refractivity contribution in [1.29, 1.82) is 0 Å². The van der Waals surface area contributed by atoms with Gasteiger partial charge in [-0.05, 0) is 36.4 Å². The molecule has 7 heteroatoms. The molecular weight excluding hydrogens is 332 g/mol. The van der Waals surface area contributed by atoms with Crippen molar-refractivity contribution in [3.05, 3.63) is 54.1 Å². The fourth-order valence-corrected chi connectivity index (χ4v) is 2.13. The molecule has 0 spiro atoms. The topological polar surface area (TPSA) is 113 Å². The Kier molecular flexibility index (Phi) is 6.32. The second-order valence-corrected chi connectivity index (χ2v) is 6.07. The van der Waals surface area contributed by atoms with Crippen LogP contribution in [0.3, 0.4) is 0 Å². The molecule has 0 aliphatic carbocycles. The lowest BCUT2D eigenvalue weighted by molar-refractivity contribution is -0.119. The molecule has 2 aromatic carbocycles. The van der Waals surface area contributed by atoms with Gasteiger partial charge in [0.2, 0.25) is 17.7 Å². The van der Waals surface area contributed by atoms with Crippen molar-refractivity contribution in [3.63, 3.8) is 0 Å². The Hall–Kier alpha value is -3.35. The number of nitrogens with two attached hydrogens (primary N) is 1. The summed E-state index contributed by atoms with van der Waals surface area (Å²) in [6.07, 6.45) is 0. The van der Waals surface area contributed by atoms with Crippen LogP contribution in [0.4, 0.5) is 17.1 Å². The van der Waals surface area contributed by atoms with Crippen molar-refractivity contribution in [3.8, 4) is 0 Å². The van der Waals surface area contributed by atoms with Gasteiger partial charge in [-0.2, -0.15) is 0 Å². The number of rotatable bonds is 7. The first-order chi connectivity index (χ1) is 12.3. The quantitative estimate of drug-likeness (QED) is 0.611. The lowest BCUT2D eigenvalue weighted by Crippen LogP contribution is -2.22. The monoisotopic (exact) mass is 354 g/mol. The van der Waals surface area contributed by atoms with Crippen molar-refractivity contribution in [2.45, 2.75) is 13.8 Å². The van der Waals surface area contributed by atoms with Gasteiger partial charge in [0.05, 0.1) is 6.54 Å². The molecule has 0 bridgehead atoms. The molecule has 0 aliphatic rings. The van der Waals surface area contributed by atoms with Gasteiger partial charge in [0.25, 0.3) is 0 Å². The van der Waals surface area contributed by atoms with E-state index in [9.17, 15) is 14.4 Å². The number of nitrogens with one attached hydrogen (secondary N) is 3. The summed E-state index contributed by atoms with van der Waals surface area (Å²) in [5, 5.41) is 8.48.